The fourth-order valence-corrected chi connectivity index (χ4v) is 2.80. The molecule has 0 fully saturated rings. The first-order valence-electron chi connectivity index (χ1n) is 5.16. The maximum Gasteiger partial charge on any atom is 0.147 e. The summed E-state index contributed by atoms with van der Waals surface area (Å²) in [6.07, 6.45) is 2.69. The number of sulfone groups is 1. The summed E-state index contributed by atoms with van der Waals surface area (Å²) in [5, 5.41) is 6.21. The van der Waals surface area contributed by atoms with Gasteiger partial charge >= 0.3 is 0 Å². The molecule has 0 radical (unpaired) electrons. The summed E-state index contributed by atoms with van der Waals surface area (Å²) in [4.78, 5) is 4.37. The van der Waals surface area contributed by atoms with Crippen molar-refractivity contribution in [1.82, 2.24) is 10.3 Å². The lowest BCUT2D eigenvalue weighted by Gasteiger charge is -2.13. The molecule has 1 rings (SSSR count). The van der Waals surface area contributed by atoms with Crippen molar-refractivity contribution in [3.8, 4) is 0 Å². The van der Waals surface area contributed by atoms with Crippen LogP contribution in [0.5, 0.6) is 0 Å². The molecule has 1 aromatic rings. The first-order chi connectivity index (χ1) is 7.40. The van der Waals surface area contributed by atoms with Crippen LogP contribution >= 0.6 is 11.3 Å². The number of thiazole rings is 1. The monoisotopic (exact) mass is 262 g/mol. The zero-order valence-corrected chi connectivity index (χ0v) is 11.5. The third kappa shape index (κ3) is 5.05. The van der Waals surface area contributed by atoms with E-state index in [0.29, 0.717) is 6.42 Å². The third-order valence-corrected chi connectivity index (χ3v) is 4.17. The number of hydrogen-bond donors (Lipinski definition) is 1. The maximum atomic E-state index is 11.1. The topological polar surface area (TPSA) is 59.1 Å². The van der Waals surface area contributed by atoms with Crippen LogP contribution in [0.4, 0.5) is 0 Å². The average Bonchev–Trinajstić information content (AvgIpc) is 2.57. The van der Waals surface area contributed by atoms with Crippen molar-refractivity contribution in [2.24, 2.45) is 0 Å². The van der Waals surface area contributed by atoms with Crippen molar-refractivity contribution in [3.63, 3.8) is 0 Å². The van der Waals surface area contributed by atoms with Crippen molar-refractivity contribution in [1.29, 1.82) is 0 Å². The molecule has 0 aliphatic rings. The molecule has 0 aromatic carbocycles. The zero-order valence-electron chi connectivity index (χ0n) is 9.86. The average molecular weight is 262 g/mol. The predicted octanol–water partition coefficient (Wildman–Crippen LogP) is 1.02. The van der Waals surface area contributed by atoms with Gasteiger partial charge in [0, 0.05) is 24.1 Å². The van der Waals surface area contributed by atoms with Crippen molar-refractivity contribution >= 4 is 21.2 Å². The van der Waals surface area contributed by atoms with E-state index in [1.165, 1.54) is 6.26 Å². The van der Waals surface area contributed by atoms with Crippen molar-refractivity contribution in [2.45, 2.75) is 25.8 Å². The van der Waals surface area contributed by atoms with Gasteiger partial charge in [-0.3, -0.25) is 0 Å². The van der Waals surface area contributed by atoms with Gasteiger partial charge in [0.15, 0.2) is 0 Å². The predicted molar refractivity (Wildman–Crippen MR) is 67.7 cm³/mol. The van der Waals surface area contributed by atoms with Gasteiger partial charge in [-0.25, -0.2) is 13.4 Å². The highest BCUT2D eigenvalue weighted by Gasteiger charge is 2.12. The van der Waals surface area contributed by atoms with Crippen molar-refractivity contribution in [2.75, 3.05) is 19.1 Å². The molecular formula is C10H18N2O2S2. The second-order valence-corrected chi connectivity index (χ2v) is 7.29. The van der Waals surface area contributed by atoms with Gasteiger partial charge in [-0.05, 0) is 20.4 Å². The second-order valence-electron chi connectivity index (χ2n) is 3.97. The molecule has 92 valence electrons. The smallest absolute Gasteiger partial charge is 0.147 e. The zero-order chi connectivity index (χ0) is 12.2. The third-order valence-electron chi connectivity index (χ3n) is 2.37. The standard InChI is InChI=1S/C10H18N2O2S2/c1-8-12-10(7-15-8)6-9(11-2)4-5-16(3,13)14/h7,9,11H,4-6H2,1-3H3. The Hall–Kier alpha value is -0.460. The number of nitrogens with zero attached hydrogens (tertiary/aromatic N) is 1. The Morgan fingerprint density at radius 1 is 1.56 bits per heavy atom. The van der Waals surface area contributed by atoms with Crippen molar-refractivity contribution < 1.29 is 8.42 Å². The van der Waals surface area contributed by atoms with Crippen LogP contribution < -0.4 is 5.32 Å². The van der Waals surface area contributed by atoms with E-state index in [9.17, 15) is 8.42 Å². The quantitative estimate of drug-likeness (QED) is 0.831. The van der Waals surface area contributed by atoms with Gasteiger partial charge < -0.3 is 5.32 Å². The van der Waals surface area contributed by atoms with Crippen LogP contribution in [0.3, 0.4) is 0 Å². The van der Waals surface area contributed by atoms with Crippen LogP contribution in [0.15, 0.2) is 5.38 Å². The maximum absolute atomic E-state index is 11.1. The normalized spacial score (nSPS) is 13.9. The molecule has 4 nitrogen and oxygen atoms in total. The SMILES string of the molecule is CNC(CCS(C)(=O)=O)Cc1csc(C)n1. The fraction of sp³-hybridized carbons (Fsp3) is 0.700. The number of hydrogen-bond acceptors (Lipinski definition) is 5. The summed E-state index contributed by atoms with van der Waals surface area (Å²) in [6, 6.07) is 0.177. The van der Waals surface area contributed by atoms with Crippen LogP contribution in [0, 0.1) is 6.92 Å². The van der Waals surface area contributed by atoms with E-state index in [1.54, 1.807) is 11.3 Å². The first kappa shape index (κ1) is 13.6. The van der Waals surface area contributed by atoms with E-state index in [0.717, 1.165) is 17.1 Å². The molecule has 0 saturated heterocycles. The molecule has 0 saturated carbocycles. The summed E-state index contributed by atoms with van der Waals surface area (Å²) < 4.78 is 22.1. The van der Waals surface area contributed by atoms with Crippen LogP contribution in [-0.2, 0) is 16.3 Å². The first-order valence-corrected chi connectivity index (χ1v) is 8.10. The largest absolute Gasteiger partial charge is 0.317 e. The lowest BCUT2D eigenvalue weighted by molar-refractivity contribution is 0.530. The Bertz CT molecular complexity index is 426. The van der Waals surface area contributed by atoms with E-state index < -0.39 is 9.84 Å². The molecule has 1 N–H and O–H groups in total. The lowest BCUT2D eigenvalue weighted by Crippen LogP contribution is -2.30. The van der Waals surface area contributed by atoms with Gasteiger partial charge in [-0.1, -0.05) is 0 Å². The summed E-state index contributed by atoms with van der Waals surface area (Å²) >= 11 is 1.62. The minimum absolute atomic E-state index is 0.177. The van der Waals surface area contributed by atoms with Gasteiger partial charge in [-0.15, -0.1) is 11.3 Å². The molecule has 0 amide bonds. The lowest BCUT2D eigenvalue weighted by atomic mass is 10.1. The van der Waals surface area contributed by atoms with E-state index >= 15 is 0 Å². The van der Waals surface area contributed by atoms with Gasteiger partial charge in [0.1, 0.15) is 9.84 Å². The summed E-state index contributed by atoms with van der Waals surface area (Å²) in [5.41, 5.74) is 1.04. The number of nitrogens with one attached hydrogen (secondary N) is 1. The molecule has 1 heterocycles. The molecule has 1 unspecified atom stereocenters. The van der Waals surface area contributed by atoms with Gasteiger partial charge in [0.05, 0.1) is 16.5 Å². The molecule has 1 aromatic heterocycles. The fourth-order valence-electron chi connectivity index (χ4n) is 1.46. The van der Waals surface area contributed by atoms with Gasteiger partial charge in [0.2, 0.25) is 0 Å². The van der Waals surface area contributed by atoms with E-state index in [4.69, 9.17) is 0 Å². The number of likely N-dealkylation sites (N-methyl/N-ethyl adjacent to an activating group) is 1. The van der Waals surface area contributed by atoms with Crippen LogP contribution in [0.2, 0.25) is 0 Å². The minimum atomic E-state index is -2.87. The molecule has 0 spiro atoms. The molecule has 16 heavy (non-hydrogen) atoms. The van der Waals surface area contributed by atoms with E-state index in [2.05, 4.69) is 10.3 Å². The summed E-state index contributed by atoms with van der Waals surface area (Å²) in [7, 11) is -1.02. The molecule has 0 aliphatic carbocycles. The molecule has 0 bridgehead atoms. The van der Waals surface area contributed by atoms with E-state index in [-0.39, 0.29) is 11.8 Å². The minimum Gasteiger partial charge on any atom is -0.317 e. The molecular weight excluding hydrogens is 244 g/mol. The molecule has 0 aliphatic heterocycles. The Balaban J connectivity index is 2.49. The van der Waals surface area contributed by atoms with Crippen LogP contribution in [0.25, 0.3) is 0 Å². The Kier molecular flexibility index (Phi) is 4.89. The highest BCUT2D eigenvalue weighted by Crippen LogP contribution is 2.11. The Morgan fingerprint density at radius 3 is 2.69 bits per heavy atom. The number of rotatable bonds is 6. The Morgan fingerprint density at radius 2 is 2.25 bits per heavy atom. The van der Waals surface area contributed by atoms with Crippen LogP contribution in [0.1, 0.15) is 17.1 Å². The number of aryl methyl sites for hydroxylation is 1. The van der Waals surface area contributed by atoms with Gasteiger partial charge in [-0.2, -0.15) is 0 Å². The van der Waals surface area contributed by atoms with E-state index in [1.807, 2.05) is 19.4 Å². The summed E-state index contributed by atoms with van der Waals surface area (Å²) in [5.74, 6) is 0.224. The summed E-state index contributed by atoms with van der Waals surface area (Å²) in [6.45, 7) is 1.97. The second kappa shape index (κ2) is 5.75. The highest BCUT2D eigenvalue weighted by atomic mass is 32.2. The molecule has 6 heteroatoms. The highest BCUT2D eigenvalue weighted by molar-refractivity contribution is 7.90. The van der Waals surface area contributed by atoms with Gasteiger partial charge in [0.25, 0.3) is 0 Å². The number of aromatic nitrogens is 1. The molecule has 1 atom stereocenters. The van der Waals surface area contributed by atoms with Crippen molar-refractivity contribution in [3.05, 3.63) is 16.1 Å². The Labute approximate surface area is 101 Å². The van der Waals surface area contributed by atoms with Crippen LogP contribution in [-0.4, -0.2) is 38.5 Å².